The molecule has 102 valence electrons. The molecule has 2 radical (unpaired) electrons. The second-order valence-corrected chi connectivity index (χ2v) is 5.93. The SMILES string of the molecule is [B]C1Cc2ccccc2N(SC(/C=C\C)=C/C=C\C)C1. The van der Waals surface area contributed by atoms with Crippen molar-refractivity contribution in [1.29, 1.82) is 0 Å². The van der Waals surface area contributed by atoms with Gasteiger partial charge < -0.3 is 4.31 Å². The summed E-state index contributed by atoms with van der Waals surface area (Å²) in [6, 6.07) is 8.53. The molecule has 3 heteroatoms. The first kappa shape index (κ1) is 15.1. The summed E-state index contributed by atoms with van der Waals surface area (Å²) in [7, 11) is 6.18. The molecule has 1 heterocycles. The molecular weight excluding hydrogens is 261 g/mol. The molecule has 1 aliphatic heterocycles. The Morgan fingerprint density at radius 3 is 2.85 bits per heavy atom. The lowest BCUT2D eigenvalue weighted by molar-refractivity contribution is 0.793. The molecule has 1 aromatic carbocycles. The van der Waals surface area contributed by atoms with Gasteiger partial charge in [-0.1, -0.05) is 48.3 Å². The fourth-order valence-corrected chi connectivity index (χ4v) is 3.40. The number of rotatable bonds is 4. The van der Waals surface area contributed by atoms with Gasteiger partial charge in [0.25, 0.3) is 0 Å². The zero-order valence-corrected chi connectivity index (χ0v) is 12.9. The Hall–Kier alpha value is -1.35. The Kier molecular flexibility index (Phi) is 5.60. The smallest absolute Gasteiger partial charge is 0.0728 e. The van der Waals surface area contributed by atoms with Crippen molar-refractivity contribution in [1.82, 2.24) is 0 Å². The van der Waals surface area contributed by atoms with Gasteiger partial charge in [0.2, 0.25) is 0 Å². The molecule has 0 bridgehead atoms. The van der Waals surface area contributed by atoms with Gasteiger partial charge in [-0.2, -0.15) is 0 Å². The van der Waals surface area contributed by atoms with Crippen LogP contribution >= 0.6 is 11.9 Å². The number of allylic oxidation sites excluding steroid dienone is 5. The topological polar surface area (TPSA) is 3.24 Å². The molecule has 0 fully saturated rings. The highest BCUT2D eigenvalue weighted by Gasteiger charge is 2.21. The van der Waals surface area contributed by atoms with Gasteiger partial charge in [0, 0.05) is 11.4 Å². The Morgan fingerprint density at radius 1 is 1.30 bits per heavy atom. The summed E-state index contributed by atoms with van der Waals surface area (Å²) in [6.07, 6.45) is 11.4. The number of para-hydroxylation sites is 1. The summed E-state index contributed by atoms with van der Waals surface area (Å²) < 4.78 is 2.30. The Balaban J connectivity index is 2.24. The number of benzene rings is 1. The van der Waals surface area contributed by atoms with Crippen LogP contribution < -0.4 is 4.31 Å². The highest BCUT2D eigenvalue weighted by atomic mass is 32.2. The van der Waals surface area contributed by atoms with E-state index >= 15 is 0 Å². The van der Waals surface area contributed by atoms with Crippen molar-refractivity contribution in [2.24, 2.45) is 0 Å². The number of fused-ring (bicyclic) bond motifs is 1. The molecule has 0 spiro atoms. The molecule has 1 nitrogen and oxygen atoms in total. The van der Waals surface area contributed by atoms with Crippen LogP contribution in [0.1, 0.15) is 19.4 Å². The molecule has 1 atom stereocenters. The van der Waals surface area contributed by atoms with Crippen LogP contribution in [0.3, 0.4) is 0 Å². The summed E-state index contributed by atoms with van der Waals surface area (Å²) in [4.78, 5) is 1.22. The Labute approximate surface area is 128 Å². The predicted molar refractivity (Wildman–Crippen MR) is 92.3 cm³/mol. The first-order valence-electron chi connectivity index (χ1n) is 6.99. The molecule has 1 aliphatic rings. The summed E-state index contributed by atoms with van der Waals surface area (Å²) >= 11 is 1.75. The average Bonchev–Trinajstić information content (AvgIpc) is 2.44. The lowest BCUT2D eigenvalue weighted by Crippen LogP contribution is -2.27. The van der Waals surface area contributed by atoms with Crippen LogP contribution in [-0.4, -0.2) is 14.4 Å². The minimum absolute atomic E-state index is 0.200. The zero-order chi connectivity index (χ0) is 14.4. The molecule has 0 saturated heterocycles. The monoisotopic (exact) mass is 281 g/mol. The highest BCUT2D eigenvalue weighted by Crippen LogP contribution is 2.37. The van der Waals surface area contributed by atoms with Gasteiger partial charge in [0.15, 0.2) is 0 Å². The molecular formula is C17H20BNS. The van der Waals surface area contributed by atoms with Crippen LogP contribution in [0.25, 0.3) is 0 Å². The van der Waals surface area contributed by atoms with E-state index in [1.165, 1.54) is 16.2 Å². The van der Waals surface area contributed by atoms with Crippen LogP contribution in [-0.2, 0) is 6.42 Å². The fraction of sp³-hybridized carbons (Fsp3) is 0.294. The molecule has 0 N–H and O–H groups in total. The van der Waals surface area contributed by atoms with E-state index in [2.05, 4.69) is 52.9 Å². The minimum Gasteiger partial charge on any atom is -0.312 e. The van der Waals surface area contributed by atoms with Crippen LogP contribution in [0.2, 0.25) is 5.82 Å². The molecule has 20 heavy (non-hydrogen) atoms. The molecule has 1 aromatic rings. The zero-order valence-electron chi connectivity index (χ0n) is 12.1. The van der Waals surface area contributed by atoms with E-state index in [1.54, 1.807) is 11.9 Å². The van der Waals surface area contributed by atoms with E-state index in [4.69, 9.17) is 7.85 Å². The average molecular weight is 281 g/mol. The van der Waals surface area contributed by atoms with Gasteiger partial charge >= 0.3 is 0 Å². The molecule has 2 rings (SSSR count). The molecule has 0 aliphatic carbocycles. The van der Waals surface area contributed by atoms with E-state index in [-0.39, 0.29) is 5.82 Å². The van der Waals surface area contributed by atoms with Crippen LogP contribution in [0, 0.1) is 0 Å². The van der Waals surface area contributed by atoms with Gasteiger partial charge in [-0.15, -0.1) is 0 Å². The van der Waals surface area contributed by atoms with Crippen molar-refractivity contribution in [3.63, 3.8) is 0 Å². The van der Waals surface area contributed by atoms with Crippen molar-refractivity contribution in [3.05, 3.63) is 65.1 Å². The van der Waals surface area contributed by atoms with Gasteiger partial charge in [-0.05, 0) is 49.9 Å². The molecule has 0 saturated carbocycles. The van der Waals surface area contributed by atoms with Crippen molar-refractivity contribution in [2.45, 2.75) is 26.1 Å². The molecule has 0 amide bonds. The van der Waals surface area contributed by atoms with Crippen LogP contribution in [0.5, 0.6) is 0 Å². The third kappa shape index (κ3) is 3.83. The van der Waals surface area contributed by atoms with Gasteiger partial charge in [0.05, 0.1) is 13.5 Å². The summed E-state index contributed by atoms with van der Waals surface area (Å²) in [5.41, 5.74) is 2.62. The Bertz CT molecular complexity index is 534. The third-order valence-corrected chi connectivity index (χ3v) is 4.19. The van der Waals surface area contributed by atoms with E-state index in [1.807, 2.05) is 19.9 Å². The van der Waals surface area contributed by atoms with Crippen molar-refractivity contribution >= 4 is 25.5 Å². The quantitative estimate of drug-likeness (QED) is 0.447. The number of nitrogens with zero attached hydrogens (tertiary/aromatic N) is 1. The fourth-order valence-electron chi connectivity index (χ4n) is 2.27. The maximum absolute atomic E-state index is 6.18. The summed E-state index contributed by atoms with van der Waals surface area (Å²) in [5.74, 6) is 0.200. The number of hydrogen-bond donors (Lipinski definition) is 0. The minimum atomic E-state index is 0.200. The van der Waals surface area contributed by atoms with Crippen molar-refractivity contribution < 1.29 is 0 Å². The Morgan fingerprint density at radius 2 is 2.10 bits per heavy atom. The number of hydrogen-bond acceptors (Lipinski definition) is 2. The largest absolute Gasteiger partial charge is 0.312 e. The standard InChI is InChI=1S/C17H20BNS/c1-3-5-10-16(8-4-2)20-19-13-15(18)12-14-9-6-7-11-17(14)19/h3-11,15H,12-13H2,1-2H3/b5-3-,8-4-,16-10+. The lowest BCUT2D eigenvalue weighted by atomic mass is 9.79. The lowest BCUT2D eigenvalue weighted by Gasteiger charge is -2.34. The van der Waals surface area contributed by atoms with Crippen molar-refractivity contribution in [2.75, 3.05) is 10.8 Å². The maximum Gasteiger partial charge on any atom is 0.0728 e. The normalized spacial score (nSPS) is 19.8. The van der Waals surface area contributed by atoms with E-state index in [0.29, 0.717) is 0 Å². The molecule has 1 unspecified atom stereocenters. The predicted octanol–water partition coefficient (Wildman–Crippen LogP) is 4.69. The van der Waals surface area contributed by atoms with Gasteiger partial charge in [0.1, 0.15) is 0 Å². The first-order chi connectivity index (χ1) is 9.74. The van der Waals surface area contributed by atoms with Gasteiger partial charge in [-0.25, -0.2) is 0 Å². The van der Waals surface area contributed by atoms with E-state index in [9.17, 15) is 0 Å². The molecule has 0 aromatic heterocycles. The maximum atomic E-state index is 6.18. The first-order valence-corrected chi connectivity index (χ1v) is 7.76. The van der Waals surface area contributed by atoms with Crippen LogP contribution in [0.4, 0.5) is 5.69 Å². The van der Waals surface area contributed by atoms with Crippen LogP contribution in [0.15, 0.2) is 59.6 Å². The number of anilines is 1. The van der Waals surface area contributed by atoms with Gasteiger partial charge in [-0.3, -0.25) is 0 Å². The van der Waals surface area contributed by atoms with E-state index in [0.717, 1.165) is 13.0 Å². The second-order valence-electron chi connectivity index (χ2n) is 4.84. The second kappa shape index (κ2) is 7.44. The highest BCUT2D eigenvalue weighted by molar-refractivity contribution is 8.04. The summed E-state index contributed by atoms with van der Waals surface area (Å²) in [5, 5.41) is 0. The summed E-state index contributed by atoms with van der Waals surface area (Å²) in [6.45, 7) is 4.95. The third-order valence-electron chi connectivity index (χ3n) is 3.14. The van der Waals surface area contributed by atoms with Crippen molar-refractivity contribution in [3.8, 4) is 0 Å². The van der Waals surface area contributed by atoms with E-state index < -0.39 is 0 Å².